The molecule has 3 aromatic carbocycles. The minimum absolute atomic E-state index is 0.122. The van der Waals surface area contributed by atoms with E-state index >= 15 is 0 Å². The van der Waals surface area contributed by atoms with Gasteiger partial charge in [0.1, 0.15) is 0 Å². The van der Waals surface area contributed by atoms with Gasteiger partial charge in [-0.25, -0.2) is 0 Å². The molecule has 1 aliphatic carbocycles. The van der Waals surface area contributed by atoms with Crippen LogP contribution in [0.3, 0.4) is 0 Å². The zero-order chi connectivity index (χ0) is 18.6. The van der Waals surface area contributed by atoms with E-state index in [1.807, 2.05) is 30.3 Å². The summed E-state index contributed by atoms with van der Waals surface area (Å²) in [5, 5.41) is 2.06. The molecular formula is C23H19NO2S. The summed E-state index contributed by atoms with van der Waals surface area (Å²) in [6.07, 6.45) is 1.91. The van der Waals surface area contributed by atoms with Crippen LogP contribution in [0.25, 0.3) is 0 Å². The topological polar surface area (TPSA) is 46.2 Å². The van der Waals surface area contributed by atoms with Gasteiger partial charge >= 0.3 is 0 Å². The summed E-state index contributed by atoms with van der Waals surface area (Å²) in [7, 11) is 0. The van der Waals surface area contributed by atoms with Gasteiger partial charge in [0.15, 0.2) is 0 Å². The average Bonchev–Trinajstić information content (AvgIpc) is 2.86. The van der Waals surface area contributed by atoms with Crippen LogP contribution in [0, 0.1) is 0 Å². The van der Waals surface area contributed by atoms with Gasteiger partial charge in [0.05, 0.1) is 5.25 Å². The van der Waals surface area contributed by atoms with E-state index in [0.717, 1.165) is 24.0 Å². The number of rotatable bonds is 2. The first kappa shape index (κ1) is 17.6. The Morgan fingerprint density at radius 1 is 0.741 bits per heavy atom. The second-order valence-electron chi connectivity index (χ2n) is 6.50. The number of imide groups is 1. The maximum Gasteiger partial charge on any atom is 0.286 e. The van der Waals surface area contributed by atoms with Crippen LogP contribution in [0.4, 0.5) is 4.79 Å². The van der Waals surface area contributed by atoms with Crippen molar-refractivity contribution in [2.75, 3.05) is 0 Å². The first-order valence-electron chi connectivity index (χ1n) is 8.95. The third-order valence-electron chi connectivity index (χ3n) is 4.82. The summed E-state index contributed by atoms with van der Waals surface area (Å²) in [6.45, 7) is 0. The maximum atomic E-state index is 12.7. The number of carbonyl (C=O) groups excluding carboxylic acids is 2. The van der Waals surface area contributed by atoms with Crippen LogP contribution in [0.15, 0.2) is 78.9 Å². The van der Waals surface area contributed by atoms with Gasteiger partial charge < -0.3 is 0 Å². The summed E-state index contributed by atoms with van der Waals surface area (Å²) in [4.78, 5) is 25.0. The lowest BCUT2D eigenvalue weighted by Crippen LogP contribution is -2.27. The second kappa shape index (κ2) is 7.80. The number of aryl methyl sites for hydroxylation is 2. The highest BCUT2D eigenvalue weighted by molar-refractivity contribution is 8.13. The van der Waals surface area contributed by atoms with Gasteiger partial charge in [0.2, 0.25) is 0 Å². The number of benzene rings is 3. The fraction of sp³-hybridized carbons (Fsp3) is 0.130. The first-order chi connectivity index (χ1) is 13.2. The maximum absolute atomic E-state index is 12.7. The Balaban J connectivity index is 1.61. The summed E-state index contributed by atoms with van der Waals surface area (Å²) in [5.41, 5.74) is 5.29. The summed E-state index contributed by atoms with van der Waals surface area (Å²) < 4.78 is 0. The first-order valence-corrected chi connectivity index (χ1v) is 9.83. The quantitative estimate of drug-likeness (QED) is 0.675. The number of amides is 2. The van der Waals surface area contributed by atoms with Gasteiger partial charge in [0.25, 0.3) is 11.1 Å². The van der Waals surface area contributed by atoms with E-state index in [2.05, 4.69) is 29.6 Å². The molecule has 134 valence electrons. The van der Waals surface area contributed by atoms with Crippen LogP contribution in [0.5, 0.6) is 0 Å². The molecule has 0 fully saturated rings. The SMILES string of the molecule is O=C(NC(=O)c1ccccc1)SC1c2ccccc2CCc2ccccc21. The molecule has 3 aromatic rings. The summed E-state index contributed by atoms with van der Waals surface area (Å²) >= 11 is 1.17. The lowest BCUT2D eigenvalue weighted by atomic mass is 10.00. The third-order valence-corrected chi connectivity index (χ3v) is 5.87. The van der Waals surface area contributed by atoms with Crippen molar-refractivity contribution >= 4 is 22.9 Å². The van der Waals surface area contributed by atoms with Crippen LogP contribution < -0.4 is 5.32 Å². The molecule has 2 amide bonds. The Morgan fingerprint density at radius 3 is 1.85 bits per heavy atom. The van der Waals surface area contributed by atoms with E-state index in [1.165, 1.54) is 22.9 Å². The van der Waals surface area contributed by atoms with Crippen LogP contribution in [-0.4, -0.2) is 11.1 Å². The van der Waals surface area contributed by atoms with Crippen LogP contribution in [-0.2, 0) is 12.8 Å². The molecular weight excluding hydrogens is 354 g/mol. The van der Waals surface area contributed by atoms with Crippen molar-refractivity contribution in [2.45, 2.75) is 18.1 Å². The molecule has 0 heterocycles. The predicted molar refractivity (Wildman–Crippen MR) is 109 cm³/mol. The minimum Gasteiger partial charge on any atom is -0.283 e. The largest absolute Gasteiger partial charge is 0.286 e. The van der Waals surface area contributed by atoms with E-state index in [4.69, 9.17) is 0 Å². The smallest absolute Gasteiger partial charge is 0.283 e. The van der Waals surface area contributed by atoms with E-state index < -0.39 is 0 Å². The number of hydrogen-bond donors (Lipinski definition) is 1. The number of hydrogen-bond acceptors (Lipinski definition) is 3. The average molecular weight is 373 g/mol. The molecule has 0 saturated carbocycles. The molecule has 1 N–H and O–H groups in total. The van der Waals surface area contributed by atoms with Crippen molar-refractivity contribution < 1.29 is 9.59 Å². The number of thioether (sulfide) groups is 1. The monoisotopic (exact) mass is 373 g/mol. The van der Waals surface area contributed by atoms with E-state index in [-0.39, 0.29) is 16.4 Å². The fourth-order valence-electron chi connectivity index (χ4n) is 3.49. The number of nitrogens with one attached hydrogen (secondary N) is 1. The highest BCUT2D eigenvalue weighted by atomic mass is 32.2. The normalized spacial score (nSPS) is 13.2. The van der Waals surface area contributed by atoms with Crippen LogP contribution in [0.2, 0.25) is 0 Å². The molecule has 0 spiro atoms. The molecule has 1 aliphatic rings. The number of fused-ring (bicyclic) bond motifs is 2. The molecule has 0 bridgehead atoms. The van der Waals surface area contributed by atoms with Crippen molar-refractivity contribution in [2.24, 2.45) is 0 Å². The van der Waals surface area contributed by atoms with Gasteiger partial charge in [-0.15, -0.1) is 0 Å². The molecule has 0 radical (unpaired) electrons. The Bertz CT molecular complexity index is 937. The predicted octanol–water partition coefficient (Wildman–Crippen LogP) is 5.16. The molecule has 27 heavy (non-hydrogen) atoms. The van der Waals surface area contributed by atoms with Crippen molar-refractivity contribution in [3.63, 3.8) is 0 Å². The van der Waals surface area contributed by atoms with Crippen molar-refractivity contribution in [3.05, 3.63) is 107 Å². The molecule has 0 unspecified atom stereocenters. The Labute approximate surface area is 162 Å². The zero-order valence-corrected chi connectivity index (χ0v) is 15.5. The van der Waals surface area contributed by atoms with Gasteiger partial charge in [0, 0.05) is 5.56 Å². The lowest BCUT2D eigenvalue weighted by Gasteiger charge is -2.19. The standard InChI is InChI=1S/C23H19NO2S/c25-22(18-10-2-1-3-11-18)24-23(26)27-21-19-12-6-4-8-16(19)14-15-17-9-5-7-13-20(17)21/h1-13,21H,14-15H2,(H,24,25,26). The van der Waals surface area contributed by atoms with Crippen molar-refractivity contribution in [1.82, 2.24) is 5.32 Å². The second-order valence-corrected chi connectivity index (χ2v) is 7.58. The fourth-order valence-corrected chi connectivity index (χ4v) is 4.57. The molecule has 0 atom stereocenters. The van der Waals surface area contributed by atoms with E-state index in [9.17, 15) is 9.59 Å². The van der Waals surface area contributed by atoms with Crippen molar-refractivity contribution in [3.8, 4) is 0 Å². The summed E-state index contributed by atoms with van der Waals surface area (Å²) in [6, 6.07) is 25.3. The van der Waals surface area contributed by atoms with Gasteiger partial charge in [-0.05, 0) is 47.2 Å². The van der Waals surface area contributed by atoms with E-state index in [1.54, 1.807) is 24.3 Å². The van der Waals surface area contributed by atoms with Crippen molar-refractivity contribution in [1.29, 1.82) is 0 Å². The van der Waals surface area contributed by atoms with Gasteiger partial charge in [-0.2, -0.15) is 0 Å². The summed E-state index contributed by atoms with van der Waals surface area (Å²) in [5.74, 6) is -0.372. The highest BCUT2D eigenvalue weighted by Crippen LogP contribution is 2.41. The molecule has 0 aliphatic heterocycles. The lowest BCUT2D eigenvalue weighted by molar-refractivity contribution is 0.0969. The van der Waals surface area contributed by atoms with Gasteiger partial charge in [-0.1, -0.05) is 78.5 Å². The molecule has 4 heteroatoms. The molecule has 0 aromatic heterocycles. The Morgan fingerprint density at radius 2 is 1.26 bits per heavy atom. The van der Waals surface area contributed by atoms with E-state index in [0.29, 0.717) is 5.56 Å². The highest BCUT2D eigenvalue weighted by Gasteiger charge is 2.26. The number of carbonyl (C=O) groups is 2. The van der Waals surface area contributed by atoms with Crippen LogP contribution >= 0.6 is 11.8 Å². The molecule has 0 saturated heterocycles. The molecule has 3 nitrogen and oxygen atoms in total. The third kappa shape index (κ3) is 3.81. The zero-order valence-electron chi connectivity index (χ0n) is 14.7. The minimum atomic E-state index is -0.372. The van der Waals surface area contributed by atoms with Gasteiger partial charge in [-0.3, -0.25) is 14.9 Å². The Kier molecular flexibility index (Phi) is 5.07. The Hall–Kier alpha value is -2.85. The van der Waals surface area contributed by atoms with Crippen LogP contribution in [0.1, 0.15) is 37.9 Å². The molecule has 4 rings (SSSR count).